The highest BCUT2D eigenvalue weighted by molar-refractivity contribution is 9.10. The smallest absolute Gasteiger partial charge is 0.0786 e. The first-order valence-electron chi connectivity index (χ1n) is 6.12. The maximum absolute atomic E-state index is 6.25. The van der Waals surface area contributed by atoms with Crippen molar-refractivity contribution in [1.29, 1.82) is 0 Å². The van der Waals surface area contributed by atoms with Gasteiger partial charge in [-0.3, -0.25) is 0 Å². The van der Waals surface area contributed by atoms with Crippen LogP contribution in [-0.2, 0) is 6.54 Å². The average Bonchev–Trinajstić information content (AvgIpc) is 2.39. The summed E-state index contributed by atoms with van der Waals surface area (Å²) >= 11 is 15.7. The van der Waals surface area contributed by atoms with Crippen molar-refractivity contribution < 1.29 is 0 Å². The van der Waals surface area contributed by atoms with Gasteiger partial charge < -0.3 is 10.2 Å². The Labute approximate surface area is 137 Å². The van der Waals surface area contributed by atoms with E-state index < -0.39 is 0 Å². The van der Waals surface area contributed by atoms with E-state index in [-0.39, 0.29) is 0 Å². The Morgan fingerprint density at radius 2 is 1.85 bits per heavy atom. The molecule has 0 atom stereocenters. The molecular weight excluding hydrogens is 359 g/mol. The van der Waals surface area contributed by atoms with Gasteiger partial charge in [0.2, 0.25) is 0 Å². The third kappa shape index (κ3) is 3.60. The van der Waals surface area contributed by atoms with E-state index in [1.807, 2.05) is 55.4 Å². The molecule has 2 rings (SSSR count). The molecule has 0 saturated heterocycles. The second kappa shape index (κ2) is 6.70. The predicted octanol–water partition coefficient (Wildman–Crippen LogP) is 5.43. The summed E-state index contributed by atoms with van der Waals surface area (Å²) in [5, 5.41) is 4.86. The summed E-state index contributed by atoms with van der Waals surface area (Å²) in [5.41, 5.74) is 3.14. The first-order valence-corrected chi connectivity index (χ1v) is 7.67. The number of benzene rings is 2. The first-order chi connectivity index (χ1) is 9.49. The Balaban J connectivity index is 2.18. The van der Waals surface area contributed by atoms with Crippen LogP contribution in [0.1, 0.15) is 5.56 Å². The molecule has 2 nitrogen and oxygen atoms in total. The Morgan fingerprint density at radius 1 is 1.10 bits per heavy atom. The van der Waals surface area contributed by atoms with Gasteiger partial charge in [0.15, 0.2) is 0 Å². The maximum atomic E-state index is 6.25. The Kier molecular flexibility index (Phi) is 5.19. The van der Waals surface area contributed by atoms with Crippen LogP contribution in [0.3, 0.4) is 0 Å². The highest BCUT2D eigenvalue weighted by atomic mass is 79.9. The molecule has 0 radical (unpaired) electrons. The minimum Gasteiger partial charge on any atom is -0.379 e. The van der Waals surface area contributed by atoms with Gasteiger partial charge in [-0.25, -0.2) is 0 Å². The van der Waals surface area contributed by atoms with E-state index in [1.165, 1.54) is 0 Å². The van der Waals surface area contributed by atoms with Crippen LogP contribution in [-0.4, -0.2) is 14.1 Å². The number of halogens is 3. The zero-order valence-corrected chi connectivity index (χ0v) is 14.4. The van der Waals surface area contributed by atoms with E-state index in [9.17, 15) is 0 Å². The van der Waals surface area contributed by atoms with Gasteiger partial charge in [-0.1, -0.05) is 35.3 Å². The van der Waals surface area contributed by atoms with Gasteiger partial charge in [-0.2, -0.15) is 0 Å². The number of rotatable bonds is 4. The largest absolute Gasteiger partial charge is 0.379 e. The van der Waals surface area contributed by atoms with Gasteiger partial charge in [0.05, 0.1) is 21.4 Å². The van der Waals surface area contributed by atoms with Crippen LogP contribution in [0.25, 0.3) is 0 Å². The second-order valence-electron chi connectivity index (χ2n) is 4.63. The fourth-order valence-electron chi connectivity index (χ4n) is 1.96. The van der Waals surface area contributed by atoms with E-state index in [0.29, 0.717) is 11.6 Å². The zero-order valence-electron chi connectivity index (χ0n) is 11.3. The summed E-state index contributed by atoms with van der Waals surface area (Å²) in [7, 11) is 3.95. The number of nitrogens with one attached hydrogen (secondary N) is 1. The standard InChI is InChI=1S/C15H15BrCl2N2/c1-20(2)15-13(18)4-3-5-14(15)19-9-10-6-7-12(17)11(16)8-10/h3-8,19H,9H2,1-2H3. The highest BCUT2D eigenvalue weighted by Crippen LogP contribution is 2.33. The second-order valence-corrected chi connectivity index (χ2v) is 6.30. The van der Waals surface area contributed by atoms with Crippen LogP contribution in [0, 0.1) is 0 Å². The van der Waals surface area contributed by atoms with Crippen LogP contribution in [0.5, 0.6) is 0 Å². The molecule has 0 bridgehead atoms. The molecule has 2 aromatic carbocycles. The minimum absolute atomic E-state index is 0.705. The molecule has 0 aliphatic heterocycles. The minimum atomic E-state index is 0.705. The number of nitrogens with zero attached hydrogens (tertiary/aromatic N) is 1. The lowest BCUT2D eigenvalue weighted by Crippen LogP contribution is -2.12. The quantitative estimate of drug-likeness (QED) is 0.768. The summed E-state index contributed by atoms with van der Waals surface area (Å²) in [6.07, 6.45) is 0. The summed E-state index contributed by atoms with van der Waals surface area (Å²) in [6.45, 7) is 0.705. The molecule has 0 amide bonds. The highest BCUT2D eigenvalue weighted by Gasteiger charge is 2.08. The number of hydrogen-bond acceptors (Lipinski definition) is 2. The summed E-state index contributed by atoms with van der Waals surface area (Å²) in [6, 6.07) is 11.7. The van der Waals surface area contributed by atoms with Crippen molar-refractivity contribution >= 4 is 50.5 Å². The molecule has 0 aliphatic rings. The third-order valence-electron chi connectivity index (χ3n) is 2.90. The van der Waals surface area contributed by atoms with Crippen molar-refractivity contribution in [3.8, 4) is 0 Å². The van der Waals surface area contributed by atoms with Crippen molar-refractivity contribution in [2.24, 2.45) is 0 Å². The van der Waals surface area contributed by atoms with Gasteiger partial charge in [-0.15, -0.1) is 0 Å². The fourth-order valence-corrected chi connectivity index (χ4v) is 2.85. The third-order valence-corrected chi connectivity index (χ3v) is 4.42. The SMILES string of the molecule is CN(C)c1c(Cl)cccc1NCc1ccc(Cl)c(Br)c1. The van der Waals surface area contributed by atoms with Gasteiger partial charge in [0.25, 0.3) is 0 Å². The molecule has 0 unspecified atom stereocenters. The molecular formula is C15H15BrCl2N2. The van der Waals surface area contributed by atoms with Gasteiger partial charge in [0.1, 0.15) is 0 Å². The van der Waals surface area contributed by atoms with Gasteiger partial charge >= 0.3 is 0 Å². The molecule has 0 fully saturated rings. The van der Waals surface area contributed by atoms with Crippen molar-refractivity contribution in [1.82, 2.24) is 0 Å². The molecule has 0 aromatic heterocycles. The van der Waals surface area contributed by atoms with Crippen LogP contribution in [0.4, 0.5) is 11.4 Å². The van der Waals surface area contributed by atoms with Crippen molar-refractivity contribution in [3.63, 3.8) is 0 Å². The lowest BCUT2D eigenvalue weighted by molar-refractivity contribution is 1.10. The van der Waals surface area contributed by atoms with Crippen LogP contribution < -0.4 is 10.2 Å². The normalized spacial score (nSPS) is 10.4. The van der Waals surface area contributed by atoms with Crippen molar-refractivity contribution in [2.75, 3.05) is 24.3 Å². The Hall–Kier alpha value is -0.900. The molecule has 0 saturated carbocycles. The summed E-state index contributed by atoms with van der Waals surface area (Å²) in [4.78, 5) is 2.00. The van der Waals surface area contributed by atoms with E-state index in [0.717, 1.165) is 26.4 Å². The number of anilines is 2. The van der Waals surface area contributed by atoms with E-state index in [2.05, 4.69) is 21.2 Å². The number of para-hydroxylation sites is 1. The molecule has 0 heterocycles. The predicted molar refractivity (Wildman–Crippen MR) is 92.3 cm³/mol. The van der Waals surface area contributed by atoms with Crippen molar-refractivity contribution in [3.05, 3.63) is 56.5 Å². The van der Waals surface area contributed by atoms with Gasteiger partial charge in [-0.05, 0) is 45.8 Å². The first kappa shape index (κ1) is 15.5. The molecule has 0 aliphatic carbocycles. The summed E-state index contributed by atoms with van der Waals surface area (Å²) in [5.74, 6) is 0. The van der Waals surface area contributed by atoms with Crippen LogP contribution >= 0.6 is 39.1 Å². The lowest BCUT2D eigenvalue weighted by atomic mass is 10.2. The molecule has 20 heavy (non-hydrogen) atoms. The van der Waals surface area contributed by atoms with Gasteiger partial charge in [0, 0.05) is 25.1 Å². The Morgan fingerprint density at radius 3 is 2.50 bits per heavy atom. The molecule has 5 heteroatoms. The molecule has 0 spiro atoms. The summed E-state index contributed by atoms with van der Waals surface area (Å²) < 4.78 is 0.900. The molecule has 106 valence electrons. The Bertz CT molecular complexity index is 615. The van der Waals surface area contributed by atoms with Crippen LogP contribution in [0.2, 0.25) is 10.0 Å². The van der Waals surface area contributed by atoms with E-state index in [4.69, 9.17) is 23.2 Å². The fraction of sp³-hybridized carbons (Fsp3) is 0.200. The van der Waals surface area contributed by atoms with E-state index >= 15 is 0 Å². The van der Waals surface area contributed by atoms with Crippen LogP contribution in [0.15, 0.2) is 40.9 Å². The lowest BCUT2D eigenvalue weighted by Gasteiger charge is -2.20. The monoisotopic (exact) mass is 372 g/mol. The maximum Gasteiger partial charge on any atom is 0.0786 e. The molecule has 1 N–H and O–H groups in total. The topological polar surface area (TPSA) is 15.3 Å². The molecule has 2 aromatic rings. The number of hydrogen-bond donors (Lipinski definition) is 1. The van der Waals surface area contributed by atoms with E-state index in [1.54, 1.807) is 0 Å². The average molecular weight is 374 g/mol. The zero-order chi connectivity index (χ0) is 14.7. The van der Waals surface area contributed by atoms with Crippen molar-refractivity contribution in [2.45, 2.75) is 6.54 Å².